The second-order valence-electron chi connectivity index (χ2n) is 4.91. The molecule has 1 aliphatic carbocycles. The lowest BCUT2D eigenvalue weighted by Gasteiger charge is -2.23. The van der Waals surface area contributed by atoms with Crippen molar-refractivity contribution < 1.29 is 9.59 Å². The molecule has 1 amide bonds. The molecule has 0 aliphatic heterocycles. The van der Waals surface area contributed by atoms with Gasteiger partial charge in [0.05, 0.1) is 6.04 Å². The van der Waals surface area contributed by atoms with Crippen molar-refractivity contribution in [3.63, 3.8) is 0 Å². The fourth-order valence-electron chi connectivity index (χ4n) is 2.39. The van der Waals surface area contributed by atoms with E-state index in [9.17, 15) is 9.59 Å². The monoisotopic (exact) mass is 255 g/mol. The highest BCUT2D eigenvalue weighted by molar-refractivity contribution is 6.38. The maximum Gasteiger partial charge on any atom is 0.289 e. The van der Waals surface area contributed by atoms with Gasteiger partial charge in [0.1, 0.15) is 0 Å². The molecule has 0 spiro atoms. The number of hydrogen-bond acceptors (Lipinski definition) is 4. The molecular formula is C13H25N3O2. The van der Waals surface area contributed by atoms with Crippen LogP contribution in [-0.4, -0.2) is 30.8 Å². The summed E-state index contributed by atoms with van der Waals surface area (Å²) in [5, 5.41) is 2.86. The molecule has 0 aromatic carbocycles. The molecule has 0 radical (unpaired) electrons. The zero-order valence-corrected chi connectivity index (χ0v) is 11.4. The smallest absolute Gasteiger partial charge is 0.289 e. The number of hydrogen-bond donors (Lipinski definition) is 3. The van der Waals surface area contributed by atoms with E-state index in [1.54, 1.807) is 7.05 Å². The molecule has 1 rings (SSSR count). The molecule has 1 aliphatic rings. The number of nitrogens with one attached hydrogen (secondary N) is 3. The molecule has 5 nitrogen and oxygen atoms in total. The zero-order valence-electron chi connectivity index (χ0n) is 11.4. The van der Waals surface area contributed by atoms with Crippen LogP contribution in [0.25, 0.3) is 0 Å². The summed E-state index contributed by atoms with van der Waals surface area (Å²) in [6, 6.07) is -0.240. The van der Waals surface area contributed by atoms with Crippen molar-refractivity contribution in [1.29, 1.82) is 0 Å². The lowest BCUT2D eigenvalue weighted by atomic mass is 9.95. The van der Waals surface area contributed by atoms with Gasteiger partial charge in [-0.05, 0) is 26.3 Å². The molecule has 3 N–H and O–H groups in total. The summed E-state index contributed by atoms with van der Waals surface area (Å²) in [4.78, 5) is 23.9. The van der Waals surface area contributed by atoms with E-state index in [4.69, 9.17) is 0 Å². The minimum absolute atomic E-state index is 0.187. The van der Waals surface area contributed by atoms with Crippen LogP contribution in [0.2, 0.25) is 0 Å². The zero-order chi connectivity index (χ0) is 13.4. The average Bonchev–Trinajstić information content (AvgIpc) is 2.39. The van der Waals surface area contributed by atoms with Gasteiger partial charge in [0, 0.05) is 6.04 Å². The molecule has 0 saturated heterocycles. The van der Waals surface area contributed by atoms with E-state index in [2.05, 4.69) is 16.2 Å². The summed E-state index contributed by atoms with van der Waals surface area (Å²) >= 11 is 0. The van der Waals surface area contributed by atoms with Gasteiger partial charge < -0.3 is 5.32 Å². The first-order chi connectivity index (χ1) is 8.69. The van der Waals surface area contributed by atoms with Crippen molar-refractivity contribution in [2.75, 3.05) is 7.05 Å². The first kappa shape index (κ1) is 15.1. The molecule has 0 heterocycles. The Bertz CT molecular complexity index is 269. The Hall–Kier alpha value is -0.940. The molecule has 0 bridgehead atoms. The standard InChI is InChI=1S/C13H25N3O2/c1-3-7-11(16-14-2)12(17)13(18)15-10-8-5-4-6-9-10/h10-11,14,16H,3-9H2,1-2H3,(H,15,18). The van der Waals surface area contributed by atoms with Crippen LogP contribution in [0, 0.1) is 0 Å². The maximum atomic E-state index is 12.0. The first-order valence-electron chi connectivity index (χ1n) is 6.96. The van der Waals surface area contributed by atoms with E-state index in [-0.39, 0.29) is 11.8 Å². The molecule has 1 fully saturated rings. The Morgan fingerprint density at radius 2 is 1.89 bits per heavy atom. The van der Waals surface area contributed by atoms with Gasteiger partial charge in [-0.3, -0.25) is 15.0 Å². The Balaban J connectivity index is 2.44. The third-order valence-electron chi connectivity index (χ3n) is 3.38. The van der Waals surface area contributed by atoms with Crippen molar-refractivity contribution in [3.05, 3.63) is 0 Å². The van der Waals surface area contributed by atoms with Gasteiger partial charge in [-0.25, -0.2) is 5.43 Å². The Kier molecular flexibility index (Phi) is 6.90. The van der Waals surface area contributed by atoms with Crippen molar-refractivity contribution in [2.45, 2.75) is 64.0 Å². The van der Waals surface area contributed by atoms with Crippen molar-refractivity contribution in [3.8, 4) is 0 Å². The SMILES string of the molecule is CCCC(NNC)C(=O)C(=O)NC1CCCCC1. The fourth-order valence-corrected chi connectivity index (χ4v) is 2.39. The third-order valence-corrected chi connectivity index (χ3v) is 3.38. The summed E-state index contributed by atoms with van der Waals surface area (Å²) in [5.41, 5.74) is 5.58. The lowest BCUT2D eigenvalue weighted by Crippen LogP contribution is -2.51. The average molecular weight is 255 g/mol. The minimum atomic E-state index is -0.442. The summed E-state index contributed by atoms with van der Waals surface area (Å²) < 4.78 is 0. The summed E-state index contributed by atoms with van der Waals surface area (Å²) in [6.45, 7) is 2.00. The highest BCUT2D eigenvalue weighted by atomic mass is 16.2. The number of Topliss-reactive ketones (excluding diaryl/α,β-unsaturated/α-hetero) is 1. The number of carbonyl (C=O) groups is 2. The van der Waals surface area contributed by atoms with E-state index < -0.39 is 11.9 Å². The minimum Gasteiger partial charge on any atom is -0.347 e. The quantitative estimate of drug-likeness (QED) is 0.467. The molecule has 1 atom stereocenters. The molecule has 5 heteroatoms. The van der Waals surface area contributed by atoms with E-state index in [1.807, 2.05) is 6.92 Å². The van der Waals surface area contributed by atoms with Crippen molar-refractivity contribution in [1.82, 2.24) is 16.2 Å². The fraction of sp³-hybridized carbons (Fsp3) is 0.846. The Morgan fingerprint density at radius 1 is 1.22 bits per heavy atom. The number of rotatable bonds is 7. The van der Waals surface area contributed by atoms with Gasteiger partial charge in [0.25, 0.3) is 5.91 Å². The van der Waals surface area contributed by atoms with Crippen LogP contribution >= 0.6 is 0 Å². The van der Waals surface area contributed by atoms with Crippen LogP contribution in [0.5, 0.6) is 0 Å². The number of carbonyl (C=O) groups excluding carboxylic acids is 2. The summed E-state index contributed by atoms with van der Waals surface area (Å²) in [6.07, 6.45) is 7.05. The van der Waals surface area contributed by atoms with Crippen molar-refractivity contribution >= 4 is 11.7 Å². The summed E-state index contributed by atoms with van der Waals surface area (Å²) in [7, 11) is 1.70. The molecule has 0 aromatic heterocycles. The van der Waals surface area contributed by atoms with Crippen LogP contribution in [0.15, 0.2) is 0 Å². The van der Waals surface area contributed by atoms with Crippen LogP contribution in [-0.2, 0) is 9.59 Å². The molecule has 18 heavy (non-hydrogen) atoms. The summed E-state index contributed by atoms with van der Waals surface area (Å²) in [5.74, 6) is -0.806. The van der Waals surface area contributed by atoms with E-state index in [0.717, 1.165) is 32.1 Å². The normalized spacial score (nSPS) is 18.3. The topological polar surface area (TPSA) is 70.2 Å². The van der Waals surface area contributed by atoms with Gasteiger partial charge in [-0.1, -0.05) is 32.6 Å². The van der Waals surface area contributed by atoms with Crippen LogP contribution in [0.3, 0.4) is 0 Å². The molecule has 1 unspecified atom stereocenters. The molecule has 1 saturated carbocycles. The largest absolute Gasteiger partial charge is 0.347 e. The van der Waals surface area contributed by atoms with Crippen molar-refractivity contribution in [2.24, 2.45) is 0 Å². The maximum absolute atomic E-state index is 12.0. The second kappa shape index (κ2) is 8.21. The van der Waals surface area contributed by atoms with E-state index >= 15 is 0 Å². The second-order valence-corrected chi connectivity index (χ2v) is 4.91. The third kappa shape index (κ3) is 4.74. The van der Waals surface area contributed by atoms with Crippen LogP contribution < -0.4 is 16.2 Å². The lowest BCUT2D eigenvalue weighted by molar-refractivity contribution is -0.139. The van der Waals surface area contributed by atoms with E-state index in [1.165, 1.54) is 6.42 Å². The first-order valence-corrected chi connectivity index (χ1v) is 6.96. The number of hydrazine groups is 1. The highest BCUT2D eigenvalue weighted by Gasteiger charge is 2.26. The molecule has 0 aromatic rings. The predicted molar refractivity (Wildman–Crippen MR) is 70.9 cm³/mol. The molecular weight excluding hydrogens is 230 g/mol. The number of ketones is 1. The predicted octanol–water partition coefficient (Wildman–Crippen LogP) is 0.897. The van der Waals surface area contributed by atoms with Gasteiger partial charge in [-0.2, -0.15) is 0 Å². The Morgan fingerprint density at radius 3 is 2.44 bits per heavy atom. The molecule has 104 valence electrons. The Labute approximate surface area is 109 Å². The van der Waals surface area contributed by atoms with Gasteiger partial charge >= 0.3 is 0 Å². The van der Waals surface area contributed by atoms with E-state index in [0.29, 0.717) is 6.42 Å². The highest BCUT2D eigenvalue weighted by Crippen LogP contribution is 2.17. The van der Waals surface area contributed by atoms with Gasteiger partial charge in [0.2, 0.25) is 5.78 Å². The van der Waals surface area contributed by atoms with Crippen LogP contribution in [0.4, 0.5) is 0 Å². The number of amides is 1. The van der Waals surface area contributed by atoms with Gasteiger partial charge in [-0.15, -0.1) is 0 Å². The van der Waals surface area contributed by atoms with Gasteiger partial charge in [0.15, 0.2) is 0 Å². The van der Waals surface area contributed by atoms with Crippen LogP contribution in [0.1, 0.15) is 51.9 Å².